The third kappa shape index (κ3) is 4.42. The molecule has 0 aliphatic carbocycles. The van der Waals surface area contributed by atoms with Gasteiger partial charge in [0.15, 0.2) is 0 Å². The fourth-order valence-corrected chi connectivity index (χ4v) is 3.31. The summed E-state index contributed by atoms with van der Waals surface area (Å²) in [6.07, 6.45) is 0. The van der Waals surface area contributed by atoms with Crippen LogP contribution in [0.25, 0.3) is 0 Å². The molecule has 1 aromatic heterocycles. The molecule has 19 heavy (non-hydrogen) atoms. The van der Waals surface area contributed by atoms with Crippen molar-refractivity contribution in [1.82, 2.24) is 5.32 Å². The molecule has 2 nitrogen and oxygen atoms in total. The van der Waals surface area contributed by atoms with E-state index in [1.807, 2.05) is 6.92 Å². The largest absolute Gasteiger partial charge is 0.377 e. The van der Waals surface area contributed by atoms with Gasteiger partial charge >= 0.3 is 0 Å². The standard InChI is InChI=1S/C15H18BrNOS/c1-2-18-11-13-6-4-3-5-12(13)9-17-10-15-14(16)7-8-19-15/h3-8,17H,2,9-11H2,1H3. The SMILES string of the molecule is CCOCc1ccccc1CNCc1sccc1Br. The molecule has 0 amide bonds. The van der Waals surface area contributed by atoms with Crippen LogP contribution in [-0.4, -0.2) is 6.61 Å². The molecule has 0 bridgehead atoms. The highest BCUT2D eigenvalue weighted by atomic mass is 79.9. The maximum absolute atomic E-state index is 5.50. The van der Waals surface area contributed by atoms with Crippen LogP contribution in [0, 0.1) is 0 Å². The average molecular weight is 340 g/mol. The summed E-state index contributed by atoms with van der Waals surface area (Å²) in [4.78, 5) is 1.34. The summed E-state index contributed by atoms with van der Waals surface area (Å²) in [6.45, 7) is 5.23. The second kappa shape index (κ2) is 7.80. The Balaban J connectivity index is 1.90. The van der Waals surface area contributed by atoms with Crippen LogP contribution >= 0.6 is 27.3 Å². The van der Waals surface area contributed by atoms with E-state index in [-0.39, 0.29) is 0 Å². The van der Waals surface area contributed by atoms with Crippen molar-refractivity contribution in [3.8, 4) is 0 Å². The molecule has 0 atom stereocenters. The van der Waals surface area contributed by atoms with Gasteiger partial charge in [0.2, 0.25) is 0 Å². The number of ether oxygens (including phenoxy) is 1. The maximum atomic E-state index is 5.50. The zero-order valence-electron chi connectivity index (χ0n) is 11.0. The van der Waals surface area contributed by atoms with E-state index >= 15 is 0 Å². The molecular weight excluding hydrogens is 322 g/mol. The highest BCUT2D eigenvalue weighted by Crippen LogP contribution is 2.22. The van der Waals surface area contributed by atoms with Gasteiger partial charge in [0, 0.05) is 29.0 Å². The lowest BCUT2D eigenvalue weighted by Crippen LogP contribution is -2.13. The fourth-order valence-electron chi connectivity index (χ4n) is 1.84. The molecule has 1 heterocycles. The Kier molecular flexibility index (Phi) is 6.04. The molecule has 0 radical (unpaired) electrons. The van der Waals surface area contributed by atoms with Gasteiger partial charge in [0.1, 0.15) is 0 Å². The van der Waals surface area contributed by atoms with Crippen molar-refractivity contribution in [1.29, 1.82) is 0 Å². The Labute approximate surface area is 126 Å². The van der Waals surface area contributed by atoms with E-state index in [0.717, 1.165) is 19.7 Å². The van der Waals surface area contributed by atoms with E-state index in [1.54, 1.807) is 11.3 Å². The van der Waals surface area contributed by atoms with Gasteiger partial charge < -0.3 is 10.1 Å². The Morgan fingerprint density at radius 3 is 2.63 bits per heavy atom. The molecule has 0 saturated heterocycles. The van der Waals surface area contributed by atoms with E-state index in [1.165, 1.54) is 20.5 Å². The van der Waals surface area contributed by atoms with Gasteiger partial charge in [-0.2, -0.15) is 0 Å². The summed E-state index contributed by atoms with van der Waals surface area (Å²) >= 11 is 5.32. The normalized spacial score (nSPS) is 10.8. The monoisotopic (exact) mass is 339 g/mol. The zero-order valence-corrected chi connectivity index (χ0v) is 13.4. The zero-order chi connectivity index (χ0) is 13.5. The van der Waals surface area contributed by atoms with Crippen LogP contribution in [0.15, 0.2) is 40.2 Å². The van der Waals surface area contributed by atoms with E-state index in [4.69, 9.17) is 4.74 Å². The third-order valence-electron chi connectivity index (χ3n) is 2.87. The van der Waals surface area contributed by atoms with Gasteiger partial charge in [-0.05, 0) is 45.4 Å². The van der Waals surface area contributed by atoms with Gasteiger partial charge in [-0.15, -0.1) is 11.3 Å². The summed E-state index contributed by atoms with van der Waals surface area (Å²) in [5, 5.41) is 5.59. The van der Waals surface area contributed by atoms with Gasteiger partial charge in [-0.3, -0.25) is 0 Å². The molecule has 0 spiro atoms. The highest BCUT2D eigenvalue weighted by molar-refractivity contribution is 9.10. The van der Waals surface area contributed by atoms with Gasteiger partial charge in [-0.1, -0.05) is 24.3 Å². The van der Waals surface area contributed by atoms with Crippen LogP contribution in [0.3, 0.4) is 0 Å². The highest BCUT2D eigenvalue weighted by Gasteiger charge is 2.03. The molecule has 0 unspecified atom stereocenters. The van der Waals surface area contributed by atoms with Crippen molar-refractivity contribution in [3.05, 3.63) is 56.2 Å². The minimum Gasteiger partial charge on any atom is -0.377 e. The van der Waals surface area contributed by atoms with Crippen LogP contribution in [0.1, 0.15) is 22.9 Å². The summed E-state index contributed by atoms with van der Waals surface area (Å²) < 4.78 is 6.69. The molecule has 2 aromatic rings. The predicted octanol–water partition coefficient (Wildman–Crippen LogP) is 4.34. The smallest absolute Gasteiger partial charge is 0.0719 e. The van der Waals surface area contributed by atoms with Crippen LogP contribution in [0.2, 0.25) is 0 Å². The maximum Gasteiger partial charge on any atom is 0.0719 e. The minimum atomic E-state index is 0.692. The van der Waals surface area contributed by atoms with Crippen molar-refractivity contribution < 1.29 is 4.74 Å². The second-order valence-electron chi connectivity index (χ2n) is 4.20. The molecule has 102 valence electrons. The molecule has 0 aliphatic heterocycles. The molecule has 4 heteroatoms. The fraction of sp³-hybridized carbons (Fsp3) is 0.333. The van der Waals surface area contributed by atoms with Crippen LogP contribution in [-0.2, 0) is 24.4 Å². The predicted molar refractivity (Wildman–Crippen MR) is 84.3 cm³/mol. The third-order valence-corrected chi connectivity index (χ3v) is 4.80. The van der Waals surface area contributed by atoms with Crippen molar-refractivity contribution in [2.75, 3.05) is 6.61 Å². The topological polar surface area (TPSA) is 21.3 Å². The number of benzene rings is 1. The van der Waals surface area contributed by atoms with Crippen LogP contribution in [0.5, 0.6) is 0 Å². The Bertz CT molecular complexity index is 512. The summed E-state index contributed by atoms with van der Waals surface area (Å²) in [6, 6.07) is 10.5. The second-order valence-corrected chi connectivity index (χ2v) is 6.06. The van der Waals surface area contributed by atoms with E-state index in [9.17, 15) is 0 Å². The first kappa shape index (κ1) is 14.7. The number of halogens is 1. The number of hydrogen-bond acceptors (Lipinski definition) is 3. The quantitative estimate of drug-likeness (QED) is 0.810. The summed E-state index contributed by atoms with van der Waals surface area (Å²) in [5.41, 5.74) is 2.57. The molecule has 0 saturated carbocycles. The van der Waals surface area contributed by atoms with Gasteiger partial charge in [0.05, 0.1) is 6.61 Å². The molecular formula is C15H18BrNOS. The van der Waals surface area contributed by atoms with E-state index in [0.29, 0.717) is 6.61 Å². The number of thiophene rings is 1. The number of hydrogen-bond donors (Lipinski definition) is 1. The average Bonchev–Trinajstić information content (AvgIpc) is 2.83. The molecule has 1 aromatic carbocycles. The number of rotatable bonds is 7. The van der Waals surface area contributed by atoms with E-state index in [2.05, 4.69) is 57.0 Å². The van der Waals surface area contributed by atoms with Crippen molar-refractivity contribution in [2.24, 2.45) is 0 Å². The Morgan fingerprint density at radius 1 is 1.16 bits per heavy atom. The first-order valence-electron chi connectivity index (χ1n) is 6.38. The lowest BCUT2D eigenvalue weighted by Gasteiger charge is -2.10. The molecule has 0 aliphatic rings. The lowest BCUT2D eigenvalue weighted by molar-refractivity contribution is 0.133. The minimum absolute atomic E-state index is 0.692. The summed E-state index contributed by atoms with van der Waals surface area (Å²) in [7, 11) is 0. The number of nitrogens with one attached hydrogen (secondary N) is 1. The van der Waals surface area contributed by atoms with Crippen LogP contribution < -0.4 is 5.32 Å². The first-order chi connectivity index (χ1) is 9.31. The van der Waals surface area contributed by atoms with Gasteiger partial charge in [0.25, 0.3) is 0 Å². The van der Waals surface area contributed by atoms with Crippen molar-refractivity contribution in [3.63, 3.8) is 0 Å². The van der Waals surface area contributed by atoms with Crippen LogP contribution in [0.4, 0.5) is 0 Å². The molecule has 1 N–H and O–H groups in total. The Hall–Kier alpha value is -0.680. The van der Waals surface area contributed by atoms with Crippen molar-refractivity contribution in [2.45, 2.75) is 26.6 Å². The molecule has 0 fully saturated rings. The molecule has 2 rings (SSSR count). The van der Waals surface area contributed by atoms with Crippen molar-refractivity contribution >= 4 is 27.3 Å². The first-order valence-corrected chi connectivity index (χ1v) is 8.05. The van der Waals surface area contributed by atoms with Gasteiger partial charge in [-0.25, -0.2) is 0 Å². The lowest BCUT2D eigenvalue weighted by atomic mass is 10.1. The Morgan fingerprint density at radius 2 is 1.95 bits per heavy atom. The van der Waals surface area contributed by atoms with E-state index < -0.39 is 0 Å². The summed E-state index contributed by atoms with van der Waals surface area (Å²) in [5.74, 6) is 0.